The molecule has 2 aromatic rings. The van der Waals surface area contributed by atoms with E-state index in [9.17, 15) is 13.2 Å². The third-order valence-electron chi connectivity index (χ3n) is 4.76. The van der Waals surface area contributed by atoms with Crippen LogP contribution < -0.4 is 10.0 Å². The molecule has 28 heavy (non-hydrogen) atoms. The molecule has 1 fully saturated rings. The maximum Gasteiger partial charge on any atom is 0.240 e. The van der Waals surface area contributed by atoms with E-state index in [0.29, 0.717) is 5.13 Å². The molecule has 0 aliphatic carbocycles. The summed E-state index contributed by atoms with van der Waals surface area (Å²) in [5.74, 6) is 0.532. The number of aromatic nitrogens is 1. The number of thiazole rings is 1. The number of nitrogens with zero attached hydrogens (tertiary/aromatic N) is 2. The number of piperidine rings is 1. The number of sulfonamides is 1. The lowest BCUT2D eigenvalue weighted by Gasteiger charge is -2.29. The second-order valence-electron chi connectivity index (χ2n) is 7.11. The van der Waals surface area contributed by atoms with Crippen LogP contribution in [0.5, 0.6) is 0 Å². The Morgan fingerprint density at radius 2 is 1.96 bits per heavy atom. The largest absolute Gasteiger partial charge is 0.302 e. The summed E-state index contributed by atoms with van der Waals surface area (Å²) in [7, 11) is -3.59. The zero-order chi connectivity index (χ0) is 20.0. The Morgan fingerprint density at radius 1 is 1.25 bits per heavy atom. The Bertz CT molecular complexity index is 876. The number of amides is 1. The zero-order valence-corrected chi connectivity index (χ0v) is 17.6. The molecule has 152 valence electrons. The number of hydrogen-bond acceptors (Lipinski definition) is 6. The van der Waals surface area contributed by atoms with Crippen molar-refractivity contribution in [1.29, 1.82) is 0 Å². The summed E-state index contributed by atoms with van der Waals surface area (Å²) in [5, 5.41) is 5.26. The van der Waals surface area contributed by atoms with Crippen LogP contribution in [0.1, 0.15) is 31.9 Å². The number of rotatable bonds is 8. The molecular weight excluding hydrogens is 396 g/mol. The summed E-state index contributed by atoms with van der Waals surface area (Å²) in [6.07, 6.45) is 2.48. The molecule has 2 heterocycles. The predicted octanol–water partition coefficient (Wildman–Crippen LogP) is 2.68. The van der Waals surface area contributed by atoms with Crippen molar-refractivity contribution in [3.8, 4) is 0 Å². The van der Waals surface area contributed by atoms with Gasteiger partial charge in [0.25, 0.3) is 0 Å². The molecule has 0 atom stereocenters. The average molecular weight is 423 g/mol. The summed E-state index contributed by atoms with van der Waals surface area (Å²) in [4.78, 5) is 19.1. The number of nitrogens with one attached hydrogen (secondary N) is 2. The zero-order valence-electron chi connectivity index (χ0n) is 15.9. The second-order valence-corrected chi connectivity index (χ2v) is 9.74. The van der Waals surface area contributed by atoms with Crippen molar-refractivity contribution < 1.29 is 13.2 Å². The van der Waals surface area contributed by atoms with E-state index in [1.54, 1.807) is 18.2 Å². The summed E-state index contributed by atoms with van der Waals surface area (Å²) < 4.78 is 26.7. The van der Waals surface area contributed by atoms with Crippen LogP contribution in [0, 0.1) is 5.92 Å². The molecule has 0 spiro atoms. The minimum absolute atomic E-state index is 0.0350. The van der Waals surface area contributed by atoms with Crippen LogP contribution in [-0.4, -0.2) is 43.8 Å². The van der Waals surface area contributed by atoms with Gasteiger partial charge in [-0.1, -0.05) is 25.1 Å². The number of anilines is 1. The molecule has 2 N–H and O–H groups in total. The summed E-state index contributed by atoms with van der Waals surface area (Å²) in [6, 6.07) is 8.10. The van der Waals surface area contributed by atoms with Gasteiger partial charge in [0.15, 0.2) is 5.13 Å². The normalized spacial score (nSPS) is 16.2. The van der Waals surface area contributed by atoms with E-state index in [0.717, 1.165) is 31.2 Å². The molecular formula is C19H26N4O3S2. The maximum atomic E-state index is 12.1. The van der Waals surface area contributed by atoms with Gasteiger partial charge in [-0.05, 0) is 44.0 Å². The molecule has 1 saturated heterocycles. The standard InChI is InChI=1S/C19H26N4O3S2/c1-15-8-11-23(12-9-15)13-16-14-27-19(21-16)22-18(24)7-10-20-28(25,26)17-5-3-2-4-6-17/h2-6,14-15,20H,7-13H2,1H3,(H,21,22,24). The van der Waals surface area contributed by atoms with E-state index in [2.05, 4.69) is 26.8 Å². The molecule has 9 heteroatoms. The Morgan fingerprint density at radius 3 is 2.68 bits per heavy atom. The molecule has 1 aromatic heterocycles. The third kappa shape index (κ3) is 6.10. The molecule has 0 unspecified atom stereocenters. The third-order valence-corrected chi connectivity index (χ3v) is 7.04. The van der Waals surface area contributed by atoms with Crippen molar-refractivity contribution in [3.05, 3.63) is 41.4 Å². The maximum absolute atomic E-state index is 12.1. The Labute approximate surface area is 170 Å². The highest BCUT2D eigenvalue weighted by Crippen LogP contribution is 2.21. The smallest absolute Gasteiger partial charge is 0.240 e. The van der Waals surface area contributed by atoms with Crippen LogP contribution in [0.3, 0.4) is 0 Å². The van der Waals surface area contributed by atoms with Gasteiger partial charge in [0.2, 0.25) is 15.9 Å². The van der Waals surface area contributed by atoms with Gasteiger partial charge in [-0.15, -0.1) is 11.3 Å². The number of carbonyl (C=O) groups excluding carboxylic acids is 1. The highest BCUT2D eigenvalue weighted by Gasteiger charge is 2.17. The van der Waals surface area contributed by atoms with E-state index in [-0.39, 0.29) is 23.8 Å². The van der Waals surface area contributed by atoms with Gasteiger partial charge in [0.1, 0.15) is 0 Å². The lowest BCUT2D eigenvalue weighted by molar-refractivity contribution is -0.116. The SMILES string of the molecule is CC1CCN(Cc2csc(NC(=O)CCNS(=O)(=O)c3ccccc3)n2)CC1. The molecule has 7 nitrogen and oxygen atoms in total. The van der Waals surface area contributed by atoms with Crippen molar-refractivity contribution >= 4 is 32.4 Å². The van der Waals surface area contributed by atoms with E-state index in [1.807, 2.05) is 5.38 Å². The van der Waals surface area contributed by atoms with E-state index >= 15 is 0 Å². The summed E-state index contributed by atoms with van der Waals surface area (Å²) >= 11 is 1.39. The van der Waals surface area contributed by atoms with Crippen molar-refractivity contribution in [1.82, 2.24) is 14.6 Å². The molecule has 1 aliphatic heterocycles. The van der Waals surface area contributed by atoms with Crippen LogP contribution in [0.2, 0.25) is 0 Å². The van der Waals surface area contributed by atoms with Crippen LogP contribution in [-0.2, 0) is 21.4 Å². The van der Waals surface area contributed by atoms with Crippen LogP contribution in [0.25, 0.3) is 0 Å². The summed E-state index contributed by atoms with van der Waals surface area (Å²) in [6.45, 7) is 5.29. The Hall–Kier alpha value is -1.81. The first-order valence-electron chi connectivity index (χ1n) is 9.44. The minimum Gasteiger partial charge on any atom is -0.302 e. The van der Waals surface area contributed by atoms with E-state index < -0.39 is 10.0 Å². The predicted molar refractivity (Wildman–Crippen MR) is 111 cm³/mol. The molecule has 1 aliphatic rings. The highest BCUT2D eigenvalue weighted by molar-refractivity contribution is 7.89. The lowest BCUT2D eigenvalue weighted by atomic mass is 9.99. The van der Waals surface area contributed by atoms with Gasteiger partial charge in [0, 0.05) is 24.9 Å². The second kappa shape index (κ2) is 9.60. The quantitative estimate of drug-likeness (QED) is 0.682. The first-order valence-corrected chi connectivity index (χ1v) is 11.8. The Kier molecular flexibility index (Phi) is 7.17. The lowest BCUT2D eigenvalue weighted by Crippen LogP contribution is -2.32. The number of carbonyl (C=O) groups is 1. The van der Waals surface area contributed by atoms with Crippen molar-refractivity contribution in [2.24, 2.45) is 5.92 Å². The number of likely N-dealkylation sites (tertiary alicyclic amines) is 1. The topological polar surface area (TPSA) is 91.4 Å². The van der Waals surface area contributed by atoms with Gasteiger partial charge >= 0.3 is 0 Å². The van der Waals surface area contributed by atoms with Gasteiger partial charge in [-0.3, -0.25) is 9.69 Å². The fourth-order valence-corrected chi connectivity index (χ4v) is 4.82. The fourth-order valence-electron chi connectivity index (χ4n) is 3.05. The summed E-state index contributed by atoms with van der Waals surface area (Å²) in [5.41, 5.74) is 0.958. The van der Waals surface area contributed by atoms with Crippen LogP contribution >= 0.6 is 11.3 Å². The highest BCUT2D eigenvalue weighted by atomic mass is 32.2. The molecule has 1 amide bonds. The van der Waals surface area contributed by atoms with Crippen molar-refractivity contribution in [3.63, 3.8) is 0 Å². The van der Waals surface area contributed by atoms with Crippen LogP contribution in [0.15, 0.2) is 40.6 Å². The molecule has 3 rings (SSSR count). The van der Waals surface area contributed by atoms with Gasteiger partial charge in [-0.25, -0.2) is 18.1 Å². The van der Waals surface area contributed by atoms with Gasteiger partial charge in [-0.2, -0.15) is 0 Å². The van der Waals surface area contributed by atoms with Gasteiger partial charge < -0.3 is 5.32 Å². The number of benzene rings is 1. The Balaban J connectivity index is 1.42. The van der Waals surface area contributed by atoms with Crippen molar-refractivity contribution in [2.45, 2.75) is 37.6 Å². The molecule has 0 saturated carbocycles. The fraction of sp³-hybridized carbons (Fsp3) is 0.474. The van der Waals surface area contributed by atoms with E-state index in [1.165, 1.54) is 36.3 Å². The average Bonchev–Trinajstić information content (AvgIpc) is 3.11. The van der Waals surface area contributed by atoms with Crippen molar-refractivity contribution in [2.75, 3.05) is 25.0 Å². The monoisotopic (exact) mass is 422 g/mol. The minimum atomic E-state index is -3.59. The van der Waals surface area contributed by atoms with Crippen LogP contribution in [0.4, 0.5) is 5.13 Å². The first kappa shape index (κ1) is 20.9. The number of hydrogen-bond donors (Lipinski definition) is 2. The molecule has 0 radical (unpaired) electrons. The van der Waals surface area contributed by atoms with E-state index in [4.69, 9.17) is 0 Å². The van der Waals surface area contributed by atoms with Gasteiger partial charge in [0.05, 0.1) is 10.6 Å². The molecule has 0 bridgehead atoms. The molecule has 1 aromatic carbocycles. The first-order chi connectivity index (χ1) is 13.4.